The maximum absolute atomic E-state index is 12.6. The second kappa shape index (κ2) is 9.10. The van der Waals surface area contributed by atoms with E-state index in [2.05, 4.69) is 59.6 Å². The van der Waals surface area contributed by atoms with E-state index in [4.69, 9.17) is 0 Å². The number of carbonyl (C=O) groups is 1. The zero-order valence-electron chi connectivity index (χ0n) is 22.3. The van der Waals surface area contributed by atoms with Crippen LogP contribution in [-0.4, -0.2) is 23.9 Å². The minimum absolute atomic E-state index is 0.306. The van der Waals surface area contributed by atoms with E-state index in [-0.39, 0.29) is 0 Å². The van der Waals surface area contributed by atoms with Crippen molar-refractivity contribution in [1.82, 2.24) is 4.90 Å². The van der Waals surface area contributed by atoms with E-state index in [9.17, 15) is 4.79 Å². The van der Waals surface area contributed by atoms with Crippen molar-refractivity contribution >= 4 is 5.91 Å². The molecule has 0 N–H and O–H groups in total. The first-order valence-corrected chi connectivity index (χ1v) is 14.1. The lowest BCUT2D eigenvalue weighted by molar-refractivity contribution is -0.152. The van der Waals surface area contributed by atoms with Crippen LogP contribution in [0.3, 0.4) is 0 Å². The largest absolute Gasteiger partial charge is 0.342 e. The number of hydrogen-bond donors (Lipinski definition) is 0. The first-order valence-electron chi connectivity index (χ1n) is 14.1. The van der Waals surface area contributed by atoms with Gasteiger partial charge in [-0.1, -0.05) is 72.5 Å². The molecule has 32 heavy (non-hydrogen) atoms. The molecule has 0 aromatic rings. The molecule has 4 rings (SSSR count). The zero-order chi connectivity index (χ0) is 23.3. The summed E-state index contributed by atoms with van der Waals surface area (Å²) in [5.74, 6) is 5.37. The number of likely N-dealkylation sites (tertiary alicyclic amines) is 1. The van der Waals surface area contributed by atoms with Crippen LogP contribution in [-0.2, 0) is 4.79 Å². The number of piperidine rings is 1. The maximum Gasteiger partial charge on any atom is 0.222 e. The Morgan fingerprint density at radius 3 is 2.44 bits per heavy atom. The standard InChI is InChI=1S/C30H51NO/c1-8-10-22-19-26-30(6,18-16-27(32)31(26)7)25-15-17-29(5)23(13-14-24(29)28(22)25)21(4)12-9-11-20(2)3/h10,20-21,23-26,28H,8-9,11-19H2,1-7H3/t21-,23-,24+,25+,26-,28+,29-,30-/m1/s1. The van der Waals surface area contributed by atoms with Crippen molar-refractivity contribution in [3.05, 3.63) is 11.6 Å². The average Bonchev–Trinajstić information content (AvgIpc) is 3.09. The fraction of sp³-hybridized carbons (Fsp3) is 0.900. The van der Waals surface area contributed by atoms with Gasteiger partial charge in [-0.15, -0.1) is 0 Å². The van der Waals surface area contributed by atoms with Crippen molar-refractivity contribution in [3.8, 4) is 0 Å². The number of allylic oxidation sites excluding steroid dienone is 1. The molecule has 3 aliphatic carbocycles. The molecule has 1 heterocycles. The summed E-state index contributed by atoms with van der Waals surface area (Å²) in [6.07, 6.45) is 16.6. The number of carbonyl (C=O) groups excluding carboxylic acids is 1. The van der Waals surface area contributed by atoms with E-state index in [1.54, 1.807) is 5.57 Å². The van der Waals surface area contributed by atoms with Gasteiger partial charge in [0.05, 0.1) is 0 Å². The number of hydrogen-bond acceptors (Lipinski definition) is 1. The molecule has 1 amide bonds. The summed E-state index contributed by atoms with van der Waals surface area (Å²) in [7, 11) is 2.09. The van der Waals surface area contributed by atoms with Crippen molar-refractivity contribution in [1.29, 1.82) is 0 Å². The van der Waals surface area contributed by atoms with Crippen LogP contribution >= 0.6 is 0 Å². The molecule has 0 aromatic carbocycles. The lowest BCUT2D eigenvalue weighted by atomic mass is 9.45. The SMILES string of the molecule is CCC=C1C[C@H]2N(C)C(=O)CC[C@]2(C)[C@H]2CC[C@]3(C)[C@@H]([C@H](C)CCCC(C)C)CC[C@H]3[C@H]12. The molecule has 4 aliphatic rings. The third kappa shape index (κ3) is 3.90. The predicted molar refractivity (Wildman–Crippen MR) is 135 cm³/mol. The number of rotatable bonds is 6. The van der Waals surface area contributed by atoms with E-state index in [1.807, 2.05) is 0 Å². The van der Waals surface area contributed by atoms with Crippen LogP contribution in [0.4, 0.5) is 0 Å². The minimum atomic E-state index is 0.306. The van der Waals surface area contributed by atoms with E-state index in [0.717, 1.165) is 61.2 Å². The molecular formula is C30H51NO. The monoisotopic (exact) mass is 441 g/mol. The lowest BCUT2D eigenvalue weighted by Crippen LogP contribution is -2.62. The Morgan fingerprint density at radius 1 is 1.03 bits per heavy atom. The summed E-state index contributed by atoms with van der Waals surface area (Å²) < 4.78 is 0. The highest BCUT2D eigenvalue weighted by Crippen LogP contribution is 2.68. The Kier molecular flexibility index (Phi) is 6.92. The molecule has 182 valence electrons. The number of fused-ring (bicyclic) bond motifs is 5. The smallest absolute Gasteiger partial charge is 0.222 e. The van der Waals surface area contributed by atoms with Gasteiger partial charge in [0.2, 0.25) is 5.91 Å². The van der Waals surface area contributed by atoms with Crippen molar-refractivity contribution in [2.24, 2.45) is 46.3 Å². The van der Waals surface area contributed by atoms with Crippen LogP contribution in [0.1, 0.15) is 112 Å². The van der Waals surface area contributed by atoms with Crippen LogP contribution in [0.25, 0.3) is 0 Å². The Bertz CT molecular complexity index is 724. The van der Waals surface area contributed by atoms with Crippen molar-refractivity contribution < 1.29 is 4.79 Å². The van der Waals surface area contributed by atoms with Crippen LogP contribution in [0.15, 0.2) is 11.6 Å². The van der Waals surface area contributed by atoms with Crippen LogP contribution in [0.2, 0.25) is 0 Å². The summed E-state index contributed by atoms with van der Waals surface area (Å²) in [5.41, 5.74) is 2.55. The average molecular weight is 442 g/mol. The Morgan fingerprint density at radius 2 is 1.75 bits per heavy atom. The van der Waals surface area contributed by atoms with Gasteiger partial charge < -0.3 is 4.90 Å². The van der Waals surface area contributed by atoms with Gasteiger partial charge in [-0.25, -0.2) is 0 Å². The quantitative estimate of drug-likeness (QED) is 0.384. The van der Waals surface area contributed by atoms with Gasteiger partial charge in [0.25, 0.3) is 0 Å². The van der Waals surface area contributed by atoms with Crippen molar-refractivity contribution in [3.63, 3.8) is 0 Å². The summed E-state index contributed by atoms with van der Waals surface area (Å²) in [6, 6.07) is 0.416. The highest BCUT2D eigenvalue weighted by molar-refractivity contribution is 5.77. The van der Waals surface area contributed by atoms with Gasteiger partial charge in [-0.3, -0.25) is 4.79 Å². The summed E-state index contributed by atoms with van der Waals surface area (Å²) in [6.45, 7) is 14.9. The Balaban J connectivity index is 1.60. The van der Waals surface area contributed by atoms with Gasteiger partial charge in [0.15, 0.2) is 0 Å². The first-order chi connectivity index (χ1) is 15.1. The Hall–Kier alpha value is -0.790. The molecular weight excluding hydrogens is 390 g/mol. The summed E-state index contributed by atoms with van der Waals surface area (Å²) >= 11 is 0. The van der Waals surface area contributed by atoms with Gasteiger partial charge in [-0.2, -0.15) is 0 Å². The molecule has 0 radical (unpaired) electrons. The second-order valence-corrected chi connectivity index (χ2v) is 13.2. The fourth-order valence-corrected chi connectivity index (χ4v) is 9.40. The van der Waals surface area contributed by atoms with E-state index in [1.165, 1.54) is 44.9 Å². The topological polar surface area (TPSA) is 20.3 Å². The van der Waals surface area contributed by atoms with Gasteiger partial charge >= 0.3 is 0 Å². The fourth-order valence-electron chi connectivity index (χ4n) is 9.40. The molecule has 3 saturated carbocycles. The third-order valence-electron chi connectivity index (χ3n) is 11.1. The minimum Gasteiger partial charge on any atom is -0.342 e. The zero-order valence-corrected chi connectivity index (χ0v) is 22.3. The Labute approximate surface area is 199 Å². The van der Waals surface area contributed by atoms with E-state index >= 15 is 0 Å². The molecule has 0 unspecified atom stereocenters. The highest BCUT2D eigenvalue weighted by Gasteiger charge is 2.62. The molecule has 0 bridgehead atoms. The number of nitrogens with zero attached hydrogens (tertiary/aromatic N) is 1. The molecule has 1 aliphatic heterocycles. The van der Waals surface area contributed by atoms with Crippen molar-refractivity contribution in [2.75, 3.05) is 7.05 Å². The molecule has 2 heteroatoms. The van der Waals surface area contributed by atoms with E-state index in [0.29, 0.717) is 22.8 Å². The molecule has 0 aromatic heterocycles. The highest BCUT2D eigenvalue weighted by atomic mass is 16.2. The van der Waals surface area contributed by atoms with Crippen molar-refractivity contribution in [2.45, 2.75) is 118 Å². The molecule has 8 atom stereocenters. The molecule has 4 fully saturated rings. The van der Waals surface area contributed by atoms with Gasteiger partial charge in [0.1, 0.15) is 0 Å². The van der Waals surface area contributed by atoms with Crippen LogP contribution in [0, 0.1) is 46.3 Å². The number of amides is 1. The van der Waals surface area contributed by atoms with Crippen LogP contribution < -0.4 is 0 Å². The van der Waals surface area contributed by atoms with E-state index < -0.39 is 0 Å². The normalized spacial score (nSPS) is 43.9. The molecule has 2 nitrogen and oxygen atoms in total. The summed E-state index contributed by atoms with van der Waals surface area (Å²) in [5, 5.41) is 0. The third-order valence-corrected chi connectivity index (χ3v) is 11.1. The lowest BCUT2D eigenvalue weighted by Gasteiger charge is -2.62. The second-order valence-electron chi connectivity index (χ2n) is 13.2. The van der Waals surface area contributed by atoms with Gasteiger partial charge in [-0.05, 0) is 91.3 Å². The summed E-state index contributed by atoms with van der Waals surface area (Å²) in [4.78, 5) is 14.7. The van der Waals surface area contributed by atoms with Gasteiger partial charge in [0, 0.05) is 19.5 Å². The molecule has 1 saturated heterocycles. The van der Waals surface area contributed by atoms with Crippen LogP contribution in [0.5, 0.6) is 0 Å². The predicted octanol–water partition coefficient (Wildman–Crippen LogP) is 7.87. The maximum atomic E-state index is 12.6. The molecule has 0 spiro atoms. The first kappa shape index (κ1) is 24.3.